The maximum atomic E-state index is 12.2. The van der Waals surface area contributed by atoms with Gasteiger partial charge in [0.05, 0.1) is 18.4 Å². The zero-order valence-corrected chi connectivity index (χ0v) is 13.7. The fourth-order valence-corrected chi connectivity index (χ4v) is 2.47. The van der Waals surface area contributed by atoms with Crippen molar-refractivity contribution in [3.8, 4) is 5.75 Å². The average Bonchev–Trinajstić information content (AvgIpc) is 2.54. The maximum absolute atomic E-state index is 12.2. The number of thioether (sulfide) groups is 1. The molecule has 1 amide bonds. The third-order valence-corrected chi connectivity index (χ3v) is 3.82. The van der Waals surface area contributed by atoms with Crippen LogP contribution in [0.5, 0.6) is 5.75 Å². The van der Waals surface area contributed by atoms with Gasteiger partial charge in [0, 0.05) is 12.7 Å². The van der Waals surface area contributed by atoms with E-state index in [0.29, 0.717) is 29.4 Å². The predicted octanol–water partition coefficient (Wildman–Crippen LogP) is 2.49. The van der Waals surface area contributed by atoms with E-state index in [4.69, 9.17) is 4.74 Å². The first-order valence-electron chi connectivity index (χ1n) is 6.93. The number of nitrogens with one attached hydrogen (secondary N) is 1. The number of benzene rings is 1. The van der Waals surface area contributed by atoms with Gasteiger partial charge in [-0.25, -0.2) is 9.97 Å². The Balaban J connectivity index is 1.96. The molecule has 22 heavy (non-hydrogen) atoms. The van der Waals surface area contributed by atoms with Crippen molar-refractivity contribution >= 4 is 17.7 Å². The lowest BCUT2D eigenvalue weighted by Crippen LogP contribution is -2.27. The Hall–Kier alpha value is -2.08. The molecule has 0 aliphatic heterocycles. The number of hydrogen-bond donors (Lipinski definition) is 1. The third kappa shape index (κ3) is 3.98. The van der Waals surface area contributed by atoms with E-state index in [1.165, 1.54) is 11.8 Å². The van der Waals surface area contributed by atoms with E-state index in [0.717, 1.165) is 11.3 Å². The minimum atomic E-state index is -0.153. The number of aryl methyl sites for hydroxylation is 1. The number of aromatic nitrogens is 2. The van der Waals surface area contributed by atoms with Crippen LogP contribution in [0.1, 0.15) is 21.6 Å². The van der Waals surface area contributed by atoms with Crippen LogP contribution >= 0.6 is 11.8 Å². The average molecular weight is 317 g/mol. The smallest absolute Gasteiger partial charge is 0.254 e. The van der Waals surface area contributed by atoms with E-state index in [1.54, 1.807) is 13.3 Å². The van der Waals surface area contributed by atoms with Crippen molar-refractivity contribution in [2.24, 2.45) is 0 Å². The number of nitrogens with zero attached hydrogens (tertiary/aromatic N) is 2. The second-order valence-electron chi connectivity index (χ2n) is 4.67. The van der Waals surface area contributed by atoms with Gasteiger partial charge >= 0.3 is 0 Å². The number of carbonyl (C=O) groups is 1. The van der Waals surface area contributed by atoms with E-state index in [2.05, 4.69) is 15.3 Å². The molecule has 2 aromatic rings. The monoisotopic (exact) mass is 317 g/mol. The zero-order valence-electron chi connectivity index (χ0n) is 12.9. The summed E-state index contributed by atoms with van der Waals surface area (Å²) in [5.41, 5.74) is 2.27. The number of rotatable bonds is 6. The van der Waals surface area contributed by atoms with Crippen LogP contribution in [0.4, 0.5) is 0 Å². The topological polar surface area (TPSA) is 64.1 Å². The quantitative estimate of drug-likeness (QED) is 0.655. The summed E-state index contributed by atoms with van der Waals surface area (Å²) in [4.78, 5) is 20.6. The van der Waals surface area contributed by atoms with Crippen LogP contribution in [0, 0.1) is 6.92 Å². The first-order valence-corrected chi connectivity index (χ1v) is 8.16. The summed E-state index contributed by atoms with van der Waals surface area (Å²) in [5, 5.41) is 3.57. The van der Waals surface area contributed by atoms with Gasteiger partial charge in [-0.2, -0.15) is 0 Å². The number of hydrogen-bond acceptors (Lipinski definition) is 5. The predicted molar refractivity (Wildman–Crippen MR) is 87.6 cm³/mol. The van der Waals surface area contributed by atoms with Crippen molar-refractivity contribution in [1.29, 1.82) is 0 Å². The Morgan fingerprint density at radius 3 is 2.82 bits per heavy atom. The molecule has 2 rings (SSSR count). The molecule has 0 saturated carbocycles. The third-order valence-electron chi connectivity index (χ3n) is 3.26. The molecule has 0 spiro atoms. The minimum absolute atomic E-state index is 0.153. The van der Waals surface area contributed by atoms with Crippen LogP contribution in [-0.2, 0) is 6.42 Å². The van der Waals surface area contributed by atoms with Gasteiger partial charge in [0.25, 0.3) is 5.91 Å². The lowest BCUT2D eigenvalue weighted by Gasteiger charge is -2.10. The molecule has 116 valence electrons. The molecule has 1 aromatic heterocycles. The van der Waals surface area contributed by atoms with E-state index >= 15 is 0 Å². The highest BCUT2D eigenvalue weighted by atomic mass is 32.2. The van der Waals surface area contributed by atoms with Crippen LogP contribution in [0.25, 0.3) is 0 Å². The van der Waals surface area contributed by atoms with E-state index in [1.807, 2.05) is 37.4 Å². The second kappa shape index (κ2) is 7.79. The number of carbonyl (C=O) groups excluding carboxylic acids is 1. The first kappa shape index (κ1) is 16.3. The zero-order chi connectivity index (χ0) is 15.9. The Morgan fingerprint density at radius 1 is 1.36 bits per heavy atom. The van der Waals surface area contributed by atoms with Crippen molar-refractivity contribution < 1.29 is 9.53 Å². The Kier molecular flexibility index (Phi) is 5.77. The van der Waals surface area contributed by atoms with Crippen molar-refractivity contribution in [3.05, 3.63) is 47.3 Å². The summed E-state index contributed by atoms with van der Waals surface area (Å²) in [6, 6.07) is 7.79. The molecule has 0 fully saturated rings. The summed E-state index contributed by atoms with van der Waals surface area (Å²) < 4.78 is 5.30. The Bertz CT molecular complexity index is 662. The molecule has 1 aromatic carbocycles. The number of methoxy groups -OCH3 is 1. The van der Waals surface area contributed by atoms with Crippen LogP contribution in [0.15, 0.2) is 35.6 Å². The maximum Gasteiger partial charge on any atom is 0.254 e. The van der Waals surface area contributed by atoms with Crippen molar-refractivity contribution in [2.45, 2.75) is 18.5 Å². The van der Waals surface area contributed by atoms with Crippen molar-refractivity contribution in [1.82, 2.24) is 15.3 Å². The molecule has 0 aliphatic rings. The Morgan fingerprint density at radius 2 is 2.14 bits per heavy atom. The molecule has 1 N–H and O–H groups in total. The molecule has 0 atom stereocenters. The molecule has 0 unspecified atom stereocenters. The second-order valence-corrected chi connectivity index (χ2v) is 5.45. The molecule has 6 heteroatoms. The van der Waals surface area contributed by atoms with Gasteiger partial charge in [0.1, 0.15) is 5.75 Å². The molecule has 5 nitrogen and oxygen atoms in total. The number of para-hydroxylation sites is 1. The highest BCUT2D eigenvalue weighted by Gasteiger charge is 2.11. The van der Waals surface area contributed by atoms with Gasteiger partial charge in [-0.05, 0) is 31.2 Å². The van der Waals surface area contributed by atoms with Gasteiger partial charge in [0.15, 0.2) is 5.16 Å². The number of ether oxygens (including phenoxy) is 1. The summed E-state index contributed by atoms with van der Waals surface area (Å²) in [6.45, 7) is 2.35. The molecule has 0 saturated heterocycles. The lowest BCUT2D eigenvalue weighted by molar-refractivity contribution is 0.0952. The summed E-state index contributed by atoms with van der Waals surface area (Å²) in [7, 11) is 1.64. The van der Waals surface area contributed by atoms with E-state index < -0.39 is 0 Å². The fraction of sp³-hybridized carbons (Fsp3) is 0.312. The minimum Gasteiger partial charge on any atom is -0.496 e. The van der Waals surface area contributed by atoms with Gasteiger partial charge < -0.3 is 10.1 Å². The van der Waals surface area contributed by atoms with Gasteiger partial charge in [0.2, 0.25) is 0 Å². The first-order chi connectivity index (χ1) is 10.7. The molecule has 0 radical (unpaired) electrons. The van der Waals surface area contributed by atoms with E-state index in [9.17, 15) is 4.79 Å². The Labute approximate surface area is 134 Å². The highest BCUT2D eigenvalue weighted by molar-refractivity contribution is 7.98. The molecular weight excluding hydrogens is 298 g/mol. The molecule has 1 heterocycles. The van der Waals surface area contributed by atoms with Crippen LogP contribution in [-0.4, -0.2) is 35.8 Å². The molecular formula is C16H19N3O2S. The SMILES string of the molecule is COc1ccccc1CCNC(=O)c1cnc(SC)nc1C. The highest BCUT2D eigenvalue weighted by Crippen LogP contribution is 2.17. The van der Waals surface area contributed by atoms with Gasteiger partial charge in [-0.15, -0.1) is 0 Å². The summed E-state index contributed by atoms with van der Waals surface area (Å²) >= 11 is 1.45. The van der Waals surface area contributed by atoms with Crippen molar-refractivity contribution in [2.75, 3.05) is 19.9 Å². The van der Waals surface area contributed by atoms with Gasteiger partial charge in [-0.3, -0.25) is 4.79 Å². The number of amides is 1. The van der Waals surface area contributed by atoms with Crippen LogP contribution in [0.3, 0.4) is 0 Å². The standard InChI is InChI=1S/C16H19N3O2S/c1-11-13(10-18-16(19-11)22-3)15(20)17-9-8-12-6-4-5-7-14(12)21-2/h4-7,10H,8-9H2,1-3H3,(H,17,20). The lowest BCUT2D eigenvalue weighted by atomic mass is 10.1. The molecule has 0 aliphatic carbocycles. The summed E-state index contributed by atoms with van der Waals surface area (Å²) in [6.07, 6.45) is 4.19. The fourth-order valence-electron chi connectivity index (χ4n) is 2.08. The largest absolute Gasteiger partial charge is 0.496 e. The summed E-state index contributed by atoms with van der Waals surface area (Å²) in [5.74, 6) is 0.681. The normalized spacial score (nSPS) is 10.3. The van der Waals surface area contributed by atoms with Crippen LogP contribution < -0.4 is 10.1 Å². The van der Waals surface area contributed by atoms with Gasteiger partial charge in [-0.1, -0.05) is 30.0 Å². The van der Waals surface area contributed by atoms with E-state index in [-0.39, 0.29) is 5.91 Å². The van der Waals surface area contributed by atoms with Crippen molar-refractivity contribution in [3.63, 3.8) is 0 Å². The molecule has 0 bridgehead atoms. The van der Waals surface area contributed by atoms with Crippen LogP contribution in [0.2, 0.25) is 0 Å².